The van der Waals surface area contributed by atoms with Gasteiger partial charge in [-0.1, -0.05) is 11.6 Å². The van der Waals surface area contributed by atoms with Crippen LogP contribution in [0.5, 0.6) is 0 Å². The van der Waals surface area contributed by atoms with Gasteiger partial charge in [0.1, 0.15) is 10.8 Å². The minimum atomic E-state index is -0.0562. The summed E-state index contributed by atoms with van der Waals surface area (Å²) < 4.78 is 0. The first kappa shape index (κ1) is 17.0. The number of hydrogen-bond donors (Lipinski definition) is 3. The summed E-state index contributed by atoms with van der Waals surface area (Å²) in [6, 6.07) is 5.89. The lowest BCUT2D eigenvalue weighted by molar-refractivity contribution is -0.119. The van der Waals surface area contributed by atoms with Gasteiger partial charge in [-0.2, -0.15) is 5.10 Å². The smallest absolute Gasteiger partial charge is 0.217 e. The molecule has 3 aromatic rings. The van der Waals surface area contributed by atoms with Crippen LogP contribution in [0.3, 0.4) is 0 Å². The number of carbonyl (C=O) groups excluding carboxylic acids is 1. The highest BCUT2D eigenvalue weighted by Crippen LogP contribution is 2.40. The van der Waals surface area contributed by atoms with Gasteiger partial charge in [0.2, 0.25) is 5.91 Å². The van der Waals surface area contributed by atoms with E-state index >= 15 is 0 Å². The largest absolute Gasteiger partial charge is 0.351 e. The summed E-state index contributed by atoms with van der Waals surface area (Å²) in [7, 11) is 0. The third-order valence-corrected chi connectivity index (χ3v) is 5.34. The molecule has 1 amide bonds. The second kappa shape index (κ2) is 7.05. The van der Waals surface area contributed by atoms with Crippen molar-refractivity contribution in [3.8, 4) is 10.7 Å². The molecular formula is C17H17ClN6OS. The number of aromatic nitrogens is 4. The molecule has 0 aromatic carbocycles. The average molecular weight is 389 g/mol. The topological polar surface area (TPSA) is 95.6 Å². The fourth-order valence-electron chi connectivity index (χ4n) is 2.50. The zero-order chi connectivity index (χ0) is 18.1. The highest BCUT2D eigenvalue weighted by molar-refractivity contribution is 7.15. The number of aromatic amines is 1. The van der Waals surface area contributed by atoms with E-state index in [1.165, 1.54) is 31.1 Å². The Kier molecular flexibility index (Phi) is 4.60. The Labute approximate surface area is 159 Å². The quantitative estimate of drug-likeness (QED) is 0.596. The minimum Gasteiger partial charge on any atom is -0.351 e. The summed E-state index contributed by atoms with van der Waals surface area (Å²) in [5, 5.41) is 13.7. The molecule has 134 valence electrons. The lowest BCUT2D eigenvalue weighted by Gasteiger charge is -2.06. The number of rotatable bonds is 6. The third-order valence-electron chi connectivity index (χ3n) is 3.98. The molecular weight excluding hydrogens is 372 g/mol. The zero-order valence-electron chi connectivity index (χ0n) is 14.0. The molecule has 0 radical (unpaired) electrons. The van der Waals surface area contributed by atoms with Gasteiger partial charge in [-0.3, -0.25) is 9.89 Å². The highest BCUT2D eigenvalue weighted by Gasteiger charge is 2.26. The maximum atomic E-state index is 11.0. The van der Waals surface area contributed by atoms with Crippen LogP contribution in [0.1, 0.15) is 36.3 Å². The van der Waals surface area contributed by atoms with Crippen molar-refractivity contribution in [2.24, 2.45) is 0 Å². The van der Waals surface area contributed by atoms with Crippen molar-refractivity contribution in [3.05, 3.63) is 40.0 Å². The standard InChI is InChI=1S/C17H17ClN6OS/c1-9(25)19-7-11-4-5-14(26-11)17-20-8-12(18)16(22-17)21-15-6-13(23-24-15)10-2-3-10/h4-6,8,10H,2-3,7H2,1H3,(H,19,25)(H2,20,21,22,23,24). The summed E-state index contributed by atoms with van der Waals surface area (Å²) in [6.07, 6.45) is 3.97. The lowest BCUT2D eigenvalue weighted by Crippen LogP contribution is -2.17. The second-order valence-electron chi connectivity index (χ2n) is 6.17. The van der Waals surface area contributed by atoms with Crippen molar-refractivity contribution in [2.75, 3.05) is 5.32 Å². The molecule has 9 heteroatoms. The summed E-state index contributed by atoms with van der Waals surface area (Å²) in [6.45, 7) is 2.00. The molecule has 26 heavy (non-hydrogen) atoms. The van der Waals surface area contributed by atoms with Gasteiger partial charge in [0.05, 0.1) is 23.3 Å². The SMILES string of the molecule is CC(=O)NCc1ccc(-c2ncc(Cl)c(Nc3cc(C4CC4)n[nH]3)n2)s1. The molecule has 0 atom stereocenters. The van der Waals surface area contributed by atoms with E-state index < -0.39 is 0 Å². The number of halogens is 1. The number of H-pyrrole nitrogens is 1. The number of anilines is 2. The molecule has 1 fully saturated rings. The van der Waals surface area contributed by atoms with E-state index in [2.05, 4.69) is 30.8 Å². The number of nitrogens with one attached hydrogen (secondary N) is 3. The molecule has 0 saturated heterocycles. The Morgan fingerprint density at radius 3 is 3.04 bits per heavy atom. The number of thiophene rings is 1. The summed E-state index contributed by atoms with van der Waals surface area (Å²) in [5.41, 5.74) is 1.07. The molecule has 0 unspecified atom stereocenters. The van der Waals surface area contributed by atoms with Crippen LogP contribution in [-0.4, -0.2) is 26.1 Å². The van der Waals surface area contributed by atoms with Gasteiger partial charge in [0, 0.05) is 23.8 Å². The van der Waals surface area contributed by atoms with Crippen LogP contribution in [-0.2, 0) is 11.3 Å². The molecule has 3 aromatic heterocycles. The van der Waals surface area contributed by atoms with Crippen molar-refractivity contribution in [3.63, 3.8) is 0 Å². The molecule has 1 saturated carbocycles. The second-order valence-corrected chi connectivity index (χ2v) is 7.75. The van der Waals surface area contributed by atoms with Gasteiger partial charge in [-0.15, -0.1) is 11.3 Å². The minimum absolute atomic E-state index is 0.0562. The Hall–Kier alpha value is -2.45. The molecule has 0 spiro atoms. The van der Waals surface area contributed by atoms with Crippen LogP contribution in [0.25, 0.3) is 10.7 Å². The Morgan fingerprint density at radius 2 is 2.27 bits per heavy atom. The van der Waals surface area contributed by atoms with Gasteiger partial charge < -0.3 is 10.6 Å². The Morgan fingerprint density at radius 1 is 1.42 bits per heavy atom. The first-order chi connectivity index (χ1) is 12.6. The average Bonchev–Trinajstić information content (AvgIpc) is 3.17. The van der Waals surface area contributed by atoms with Crippen LogP contribution in [0.4, 0.5) is 11.6 Å². The molecule has 0 aliphatic heterocycles. The lowest BCUT2D eigenvalue weighted by atomic mass is 10.3. The van der Waals surface area contributed by atoms with Crippen LogP contribution in [0, 0.1) is 0 Å². The van der Waals surface area contributed by atoms with E-state index in [0.717, 1.165) is 21.3 Å². The number of nitrogens with zero attached hydrogens (tertiary/aromatic N) is 3. The highest BCUT2D eigenvalue weighted by atomic mass is 35.5. The molecule has 3 heterocycles. The van der Waals surface area contributed by atoms with Crippen molar-refractivity contribution < 1.29 is 4.79 Å². The monoisotopic (exact) mass is 388 g/mol. The van der Waals surface area contributed by atoms with E-state index in [-0.39, 0.29) is 5.91 Å². The molecule has 1 aliphatic rings. The number of amides is 1. The fourth-order valence-corrected chi connectivity index (χ4v) is 3.52. The van der Waals surface area contributed by atoms with E-state index in [9.17, 15) is 4.79 Å². The fraction of sp³-hybridized carbons (Fsp3) is 0.294. The van der Waals surface area contributed by atoms with Gasteiger partial charge >= 0.3 is 0 Å². The van der Waals surface area contributed by atoms with Gasteiger partial charge in [0.25, 0.3) is 0 Å². The van der Waals surface area contributed by atoms with Crippen LogP contribution < -0.4 is 10.6 Å². The summed E-state index contributed by atoms with van der Waals surface area (Å²) in [4.78, 5) is 21.8. The van der Waals surface area contributed by atoms with Crippen molar-refractivity contribution in [1.82, 2.24) is 25.5 Å². The molecule has 1 aliphatic carbocycles. The Bertz CT molecular complexity index is 948. The van der Waals surface area contributed by atoms with Gasteiger partial charge in [-0.25, -0.2) is 9.97 Å². The molecule has 3 N–H and O–H groups in total. The van der Waals surface area contributed by atoms with Gasteiger partial charge in [-0.05, 0) is 25.0 Å². The van der Waals surface area contributed by atoms with E-state index in [4.69, 9.17) is 11.6 Å². The maximum Gasteiger partial charge on any atom is 0.217 e. The first-order valence-electron chi connectivity index (χ1n) is 8.27. The van der Waals surface area contributed by atoms with Crippen molar-refractivity contribution in [2.45, 2.75) is 32.2 Å². The van der Waals surface area contributed by atoms with Crippen molar-refractivity contribution in [1.29, 1.82) is 0 Å². The van der Waals surface area contributed by atoms with Crippen molar-refractivity contribution >= 4 is 40.5 Å². The molecule has 0 bridgehead atoms. The predicted octanol–water partition coefficient (Wildman–Crippen LogP) is 3.84. The van der Waals surface area contributed by atoms with Crippen LogP contribution in [0.15, 0.2) is 24.4 Å². The zero-order valence-corrected chi connectivity index (χ0v) is 15.6. The number of hydrogen-bond acceptors (Lipinski definition) is 6. The third kappa shape index (κ3) is 3.86. The van der Waals surface area contributed by atoms with E-state index in [1.54, 1.807) is 6.20 Å². The summed E-state index contributed by atoms with van der Waals surface area (Å²) >= 11 is 7.77. The normalized spacial score (nSPS) is 13.6. The van der Waals surface area contributed by atoms with E-state index in [0.29, 0.717) is 29.1 Å². The van der Waals surface area contributed by atoms with E-state index in [1.807, 2.05) is 18.2 Å². The molecule has 7 nitrogen and oxygen atoms in total. The van der Waals surface area contributed by atoms with Gasteiger partial charge in [0.15, 0.2) is 11.6 Å². The van der Waals surface area contributed by atoms with Crippen LogP contribution >= 0.6 is 22.9 Å². The summed E-state index contributed by atoms with van der Waals surface area (Å²) in [5.74, 6) is 2.39. The van der Waals surface area contributed by atoms with Crippen LogP contribution in [0.2, 0.25) is 5.02 Å². The number of carbonyl (C=O) groups is 1. The predicted molar refractivity (Wildman–Crippen MR) is 102 cm³/mol. The Balaban J connectivity index is 1.52. The molecule has 4 rings (SSSR count). The maximum absolute atomic E-state index is 11.0. The first-order valence-corrected chi connectivity index (χ1v) is 9.46.